The summed E-state index contributed by atoms with van der Waals surface area (Å²) in [6.45, 7) is 3.39. The number of rotatable bonds is 6. The first kappa shape index (κ1) is 20.3. The Morgan fingerprint density at radius 3 is 2.63 bits per heavy atom. The number of ether oxygens (including phenoxy) is 1. The minimum absolute atomic E-state index is 0.0619. The smallest absolute Gasteiger partial charge is 0.422 e. The van der Waals surface area contributed by atoms with Crippen molar-refractivity contribution in [3.63, 3.8) is 0 Å². The van der Waals surface area contributed by atoms with Gasteiger partial charge in [-0.2, -0.15) is 13.2 Å². The molecule has 0 saturated carbocycles. The van der Waals surface area contributed by atoms with E-state index in [1.54, 1.807) is 26.0 Å². The number of hydrogen-bond donors (Lipinski definition) is 3. The maximum absolute atomic E-state index is 12.3. The number of halogens is 3. The molecule has 27 heavy (non-hydrogen) atoms. The van der Waals surface area contributed by atoms with E-state index in [1.165, 1.54) is 19.1 Å². The first-order chi connectivity index (χ1) is 12.5. The summed E-state index contributed by atoms with van der Waals surface area (Å²) in [4.78, 5) is 30.1. The zero-order valence-electron chi connectivity index (χ0n) is 14.9. The molecular weight excluding hydrogens is 365 g/mol. The Morgan fingerprint density at radius 1 is 1.30 bits per heavy atom. The van der Waals surface area contributed by atoms with Crippen LogP contribution in [0.3, 0.4) is 0 Å². The van der Waals surface area contributed by atoms with Crippen molar-refractivity contribution in [3.8, 4) is 5.88 Å². The Kier molecular flexibility index (Phi) is 6.09. The van der Waals surface area contributed by atoms with Crippen LogP contribution in [0.1, 0.15) is 41.6 Å². The lowest BCUT2D eigenvalue weighted by atomic mass is 10.1. The van der Waals surface area contributed by atoms with Gasteiger partial charge in [0.25, 0.3) is 5.91 Å². The fourth-order valence-electron chi connectivity index (χ4n) is 2.30. The number of aryl methyl sites for hydroxylation is 1. The topological polar surface area (TPSA) is 96.1 Å². The number of carbonyl (C=O) groups excluding carboxylic acids is 2. The van der Waals surface area contributed by atoms with Crippen LogP contribution in [0.15, 0.2) is 24.3 Å². The average molecular weight is 384 g/mol. The Hall–Kier alpha value is -3.04. The molecule has 0 aromatic carbocycles. The highest BCUT2D eigenvalue weighted by atomic mass is 19.4. The highest BCUT2D eigenvalue weighted by Crippen LogP contribution is 2.20. The molecule has 146 valence electrons. The number of anilines is 1. The van der Waals surface area contributed by atoms with E-state index in [0.29, 0.717) is 17.1 Å². The molecule has 2 amide bonds. The molecule has 0 spiro atoms. The van der Waals surface area contributed by atoms with Crippen LogP contribution < -0.4 is 15.4 Å². The predicted molar refractivity (Wildman–Crippen MR) is 91.5 cm³/mol. The Labute approximate surface area is 153 Å². The second-order valence-electron chi connectivity index (χ2n) is 5.94. The van der Waals surface area contributed by atoms with Gasteiger partial charge in [-0.3, -0.25) is 9.59 Å². The van der Waals surface area contributed by atoms with E-state index in [0.717, 1.165) is 0 Å². The van der Waals surface area contributed by atoms with Crippen molar-refractivity contribution in [3.05, 3.63) is 41.2 Å². The quantitative estimate of drug-likeness (QED) is 0.713. The van der Waals surface area contributed by atoms with Gasteiger partial charge in [0.2, 0.25) is 5.91 Å². The summed E-state index contributed by atoms with van der Waals surface area (Å²) < 4.78 is 41.0. The molecule has 2 aromatic heterocycles. The maximum atomic E-state index is 12.3. The summed E-state index contributed by atoms with van der Waals surface area (Å²) >= 11 is 0. The highest BCUT2D eigenvalue weighted by molar-refractivity contribution is 5.93. The maximum Gasteiger partial charge on any atom is 0.422 e. The van der Waals surface area contributed by atoms with Crippen molar-refractivity contribution in [2.24, 2.45) is 0 Å². The summed E-state index contributed by atoms with van der Waals surface area (Å²) in [7, 11) is 0. The highest BCUT2D eigenvalue weighted by Gasteiger charge is 2.28. The molecule has 0 bridgehead atoms. The number of nitrogens with one attached hydrogen (secondary N) is 3. The van der Waals surface area contributed by atoms with E-state index in [4.69, 9.17) is 0 Å². The summed E-state index contributed by atoms with van der Waals surface area (Å²) in [6, 6.07) is 5.52. The van der Waals surface area contributed by atoms with Crippen LogP contribution >= 0.6 is 0 Å². The van der Waals surface area contributed by atoms with Crippen molar-refractivity contribution in [2.75, 3.05) is 11.9 Å². The number of alkyl halides is 3. The molecule has 3 N–H and O–H groups in total. The fourth-order valence-corrected chi connectivity index (χ4v) is 2.30. The van der Waals surface area contributed by atoms with Crippen LogP contribution in [0.4, 0.5) is 19.0 Å². The van der Waals surface area contributed by atoms with Gasteiger partial charge in [-0.1, -0.05) is 0 Å². The van der Waals surface area contributed by atoms with Gasteiger partial charge in [0, 0.05) is 18.7 Å². The summed E-state index contributed by atoms with van der Waals surface area (Å²) in [6.07, 6.45) is -4.47. The van der Waals surface area contributed by atoms with Crippen molar-refractivity contribution in [2.45, 2.75) is 33.0 Å². The van der Waals surface area contributed by atoms with Crippen LogP contribution in [0.2, 0.25) is 0 Å². The molecular formula is C17H19F3N4O3. The first-order valence-corrected chi connectivity index (χ1v) is 7.99. The van der Waals surface area contributed by atoms with Gasteiger partial charge in [-0.05, 0) is 37.6 Å². The molecule has 1 atom stereocenters. The van der Waals surface area contributed by atoms with E-state index in [9.17, 15) is 22.8 Å². The van der Waals surface area contributed by atoms with Gasteiger partial charge in [0.1, 0.15) is 11.5 Å². The van der Waals surface area contributed by atoms with Crippen LogP contribution in [-0.2, 0) is 4.79 Å². The number of hydrogen-bond acceptors (Lipinski definition) is 4. The second kappa shape index (κ2) is 8.11. The van der Waals surface area contributed by atoms with Crippen LogP contribution in [0.5, 0.6) is 5.88 Å². The molecule has 2 rings (SSSR count). The van der Waals surface area contributed by atoms with Crippen molar-refractivity contribution in [1.29, 1.82) is 0 Å². The summed E-state index contributed by atoms with van der Waals surface area (Å²) in [5.41, 5.74) is 1.42. The van der Waals surface area contributed by atoms with Gasteiger partial charge >= 0.3 is 6.18 Å². The van der Waals surface area contributed by atoms with Crippen molar-refractivity contribution in [1.82, 2.24) is 15.3 Å². The monoisotopic (exact) mass is 384 g/mol. The number of aromatic nitrogens is 2. The number of carbonyl (C=O) groups is 2. The van der Waals surface area contributed by atoms with E-state index >= 15 is 0 Å². The Bertz CT molecular complexity index is 833. The van der Waals surface area contributed by atoms with Crippen LogP contribution in [0, 0.1) is 6.92 Å². The van der Waals surface area contributed by atoms with Crippen molar-refractivity contribution >= 4 is 17.6 Å². The van der Waals surface area contributed by atoms with E-state index in [-0.39, 0.29) is 17.5 Å². The number of amides is 2. The molecule has 0 saturated heterocycles. The van der Waals surface area contributed by atoms with Crippen molar-refractivity contribution < 1.29 is 27.5 Å². The molecule has 0 radical (unpaired) electrons. The van der Waals surface area contributed by atoms with Gasteiger partial charge in [0.05, 0.1) is 6.04 Å². The minimum Gasteiger partial charge on any atom is -0.469 e. The second-order valence-corrected chi connectivity index (χ2v) is 5.94. The average Bonchev–Trinajstić information content (AvgIpc) is 3.00. The van der Waals surface area contributed by atoms with Gasteiger partial charge in [-0.25, -0.2) is 4.98 Å². The molecule has 0 aliphatic heterocycles. The van der Waals surface area contributed by atoms with Crippen LogP contribution in [0.25, 0.3) is 0 Å². The summed E-state index contributed by atoms with van der Waals surface area (Å²) in [5.74, 6) is -0.576. The fraction of sp³-hybridized carbons (Fsp3) is 0.353. The van der Waals surface area contributed by atoms with Crippen LogP contribution in [-0.4, -0.2) is 34.6 Å². The predicted octanol–water partition coefficient (Wildman–Crippen LogP) is 3.11. The normalized spacial score (nSPS) is 12.4. The zero-order valence-corrected chi connectivity index (χ0v) is 14.9. The Balaban J connectivity index is 2.04. The van der Waals surface area contributed by atoms with E-state index in [2.05, 4.69) is 25.3 Å². The molecule has 0 aliphatic rings. The zero-order chi connectivity index (χ0) is 20.2. The lowest BCUT2D eigenvalue weighted by molar-refractivity contribution is -0.154. The molecule has 7 nitrogen and oxygen atoms in total. The molecule has 2 heterocycles. The van der Waals surface area contributed by atoms with Gasteiger partial charge < -0.3 is 20.4 Å². The number of aromatic amines is 1. The molecule has 1 unspecified atom stereocenters. The van der Waals surface area contributed by atoms with Gasteiger partial charge in [0.15, 0.2) is 12.5 Å². The molecule has 2 aromatic rings. The van der Waals surface area contributed by atoms with E-state index < -0.39 is 24.7 Å². The van der Waals surface area contributed by atoms with Gasteiger partial charge in [-0.15, -0.1) is 0 Å². The number of H-pyrrole nitrogens is 1. The number of pyridine rings is 1. The largest absolute Gasteiger partial charge is 0.469 e. The molecule has 10 heteroatoms. The standard InChI is InChI=1S/C17H19F3N4O3/c1-9-6-12(7-14(21-9)23-11(3)25)10(2)22-16(26)13-4-5-15(24-13)27-8-17(18,19)20/h4-7,10,24H,8H2,1-3H3,(H,22,26)(H,21,23,25). The Morgan fingerprint density at radius 2 is 2.00 bits per heavy atom. The molecule has 0 fully saturated rings. The van der Waals surface area contributed by atoms with E-state index in [1.807, 2.05) is 0 Å². The number of nitrogens with zero attached hydrogens (tertiary/aromatic N) is 1. The molecule has 0 aliphatic carbocycles. The SMILES string of the molecule is CC(=O)Nc1cc(C(C)NC(=O)c2ccc(OCC(F)(F)F)[nH]2)cc(C)n1. The lowest BCUT2D eigenvalue weighted by Gasteiger charge is -2.15. The third kappa shape index (κ3) is 6.32. The summed E-state index contributed by atoms with van der Waals surface area (Å²) in [5, 5.41) is 5.30. The third-order valence-electron chi connectivity index (χ3n) is 3.42. The minimum atomic E-state index is -4.47. The first-order valence-electron chi connectivity index (χ1n) is 7.99. The lowest BCUT2D eigenvalue weighted by Crippen LogP contribution is -2.27. The third-order valence-corrected chi connectivity index (χ3v) is 3.42.